The van der Waals surface area contributed by atoms with Gasteiger partial charge in [0.2, 0.25) is 0 Å². The molecule has 0 aliphatic carbocycles. The molecule has 96 valence electrons. The molecule has 0 spiro atoms. The maximum Gasteiger partial charge on any atom is 0.157 e. The van der Waals surface area contributed by atoms with E-state index in [4.69, 9.17) is 28.9 Å². The van der Waals surface area contributed by atoms with Crippen molar-refractivity contribution in [3.8, 4) is 0 Å². The van der Waals surface area contributed by atoms with Gasteiger partial charge in [0, 0.05) is 10.0 Å². The smallest absolute Gasteiger partial charge is 0.157 e. The molecule has 1 aromatic rings. The van der Waals surface area contributed by atoms with Gasteiger partial charge < -0.3 is 5.73 Å². The zero-order valence-corrected chi connectivity index (χ0v) is 11.8. The molecule has 0 bridgehead atoms. The van der Waals surface area contributed by atoms with Crippen LogP contribution in [0, 0.1) is 0 Å². The van der Waals surface area contributed by atoms with Crippen LogP contribution in [-0.4, -0.2) is 20.2 Å². The molecule has 0 radical (unpaired) electrons. The van der Waals surface area contributed by atoms with E-state index in [1.807, 2.05) is 0 Å². The van der Waals surface area contributed by atoms with Gasteiger partial charge in [-0.15, -0.1) is 0 Å². The maximum absolute atomic E-state index is 12.0. The number of sulfone groups is 1. The molecule has 0 amide bonds. The van der Waals surface area contributed by atoms with Crippen LogP contribution in [0.15, 0.2) is 18.2 Å². The Bertz CT molecular complexity index is 488. The second-order valence-electron chi connectivity index (χ2n) is 3.93. The molecule has 0 aliphatic rings. The zero-order valence-electron chi connectivity index (χ0n) is 9.49. The van der Waals surface area contributed by atoms with Crippen molar-refractivity contribution in [2.24, 2.45) is 5.73 Å². The summed E-state index contributed by atoms with van der Waals surface area (Å²) >= 11 is 11.7. The molecule has 0 fully saturated rings. The minimum atomic E-state index is -3.22. The Morgan fingerprint density at radius 2 is 2.00 bits per heavy atom. The Morgan fingerprint density at radius 1 is 1.35 bits per heavy atom. The van der Waals surface area contributed by atoms with Crippen molar-refractivity contribution in [3.63, 3.8) is 0 Å². The Balaban J connectivity index is 2.90. The van der Waals surface area contributed by atoms with Crippen LogP contribution in [0.1, 0.15) is 18.9 Å². The summed E-state index contributed by atoms with van der Waals surface area (Å²) in [5.74, 6) is -0.0792. The third-order valence-electron chi connectivity index (χ3n) is 2.56. The summed E-state index contributed by atoms with van der Waals surface area (Å²) in [5, 5.41) is 0.409. The predicted molar refractivity (Wildman–Crippen MR) is 72.2 cm³/mol. The SMILES string of the molecule is CC(CCN)S(=O)(=O)Cc1ccc(Cl)cc1Cl. The third kappa shape index (κ3) is 4.14. The second-order valence-corrected chi connectivity index (χ2v) is 7.19. The Morgan fingerprint density at radius 3 is 2.53 bits per heavy atom. The van der Waals surface area contributed by atoms with Crippen molar-refractivity contribution in [3.05, 3.63) is 33.8 Å². The molecule has 17 heavy (non-hydrogen) atoms. The summed E-state index contributed by atoms with van der Waals surface area (Å²) < 4.78 is 24.0. The van der Waals surface area contributed by atoms with E-state index in [0.717, 1.165) is 0 Å². The number of benzene rings is 1. The first-order valence-corrected chi connectivity index (χ1v) is 7.69. The molecule has 1 aromatic carbocycles. The van der Waals surface area contributed by atoms with Gasteiger partial charge in [-0.1, -0.05) is 29.3 Å². The average Bonchev–Trinajstić information content (AvgIpc) is 2.22. The van der Waals surface area contributed by atoms with Crippen LogP contribution in [0.5, 0.6) is 0 Å². The largest absolute Gasteiger partial charge is 0.330 e. The normalized spacial score (nSPS) is 13.6. The topological polar surface area (TPSA) is 60.2 Å². The number of halogens is 2. The first kappa shape index (κ1) is 14.8. The minimum Gasteiger partial charge on any atom is -0.330 e. The molecule has 3 nitrogen and oxygen atoms in total. The summed E-state index contributed by atoms with van der Waals surface area (Å²) in [6.45, 7) is 2.01. The van der Waals surface area contributed by atoms with Crippen molar-refractivity contribution in [1.82, 2.24) is 0 Å². The molecular formula is C11H15Cl2NO2S. The van der Waals surface area contributed by atoms with Gasteiger partial charge in [-0.25, -0.2) is 8.42 Å². The molecule has 1 rings (SSSR count). The first-order chi connectivity index (χ1) is 7.86. The van der Waals surface area contributed by atoms with Gasteiger partial charge in [-0.05, 0) is 37.6 Å². The van der Waals surface area contributed by atoms with Gasteiger partial charge in [0.1, 0.15) is 0 Å². The van der Waals surface area contributed by atoms with Crippen LogP contribution in [0.4, 0.5) is 0 Å². The van der Waals surface area contributed by atoms with Gasteiger partial charge in [0.05, 0.1) is 11.0 Å². The zero-order chi connectivity index (χ0) is 13.1. The minimum absolute atomic E-state index is 0.0792. The predicted octanol–water partition coefficient (Wildman–Crippen LogP) is 2.65. The highest BCUT2D eigenvalue weighted by molar-refractivity contribution is 7.91. The van der Waals surface area contributed by atoms with Gasteiger partial charge in [-0.2, -0.15) is 0 Å². The molecule has 0 heterocycles. The van der Waals surface area contributed by atoms with Crippen LogP contribution in [0.3, 0.4) is 0 Å². The summed E-state index contributed by atoms with van der Waals surface area (Å²) in [6.07, 6.45) is 0.452. The monoisotopic (exact) mass is 295 g/mol. The Kier molecular flexibility index (Phi) is 5.25. The fraction of sp³-hybridized carbons (Fsp3) is 0.455. The van der Waals surface area contributed by atoms with Crippen LogP contribution >= 0.6 is 23.2 Å². The van der Waals surface area contributed by atoms with Crippen molar-refractivity contribution >= 4 is 33.0 Å². The molecule has 0 saturated heterocycles. The number of hydrogen-bond donors (Lipinski definition) is 1. The summed E-state index contributed by atoms with van der Waals surface area (Å²) in [5.41, 5.74) is 5.93. The third-order valence-corrected chi connectivity index (χ3v) is 5.32. The molecule has 1 unspecified atom stereocenters. The molecule has 0 saturated carbocycles. The van der Waals surface area contributed by atoms with E-state index in [1.54, 1.807) is 25.1 Å². The van der Waals surface area contributed by atoms with Gasteiger partial charge in [-0.3, -0.25) is 0 Å². The van der Waals surface area contributed by atoms with Gasteiger partial charge in [0.25, 0.3) is 0 Å². The van der Waals surface area contributed by atoms with Gasteiger partial charge in [0.15, 0.2) is 9.84 Å². The summed E-state index contributed by atoms with van der Waals surface area (Å²) in [7, 11) is -3.22. The van der Waals surface area contributed by atoms with Crippen LogP contribution in [-0.2, 0) is 15.6 Å². The fourth-order valence-electron chi connectivity index (χ4n) is 1.41. The van der Waals surface area contributed by atoms with E-state index >= 15 is 0 Å². The van der Waals surface area contributed by atoms with Crippen molar-refractivity contribution in [2.75, 3.05) is 6.54 Å². The number of nitrogens with two attached hydrogens (primary N) is 1. The van der Waals surface area contributed by atoms with Crippen molar-refractivity contribution < 1.29 is 8.42 Å². The fourth-order valence-corrected chi connectivity index (χ4v) is 3.43. The average molecular weight is 296 g/mol. The second kappa shape index (κ2) is 6.05. The summed E-state index contributed by atoms with van der Waals surface area (Å²) in [4.78, 5) is 0. The van der Waals surface area contributed by atoms with Crippen molar-refractivity contribution in [1.29, 1.82) is 0 Å². The van der Waals surface area contributed by atoms with E-state index in [1.165, 1.54) is 0 Å². The van der Waals surface area contributed by atoms with E-state index in [0.29, 0.717) is 28.6 Å². The first-order valence-electron chi connectivity index (χ1n) is 5.22. The van der Waals surface area contributed by atoms with E-state index in [2.05, 4.69) is 0 Å². The highest BCUT2D eigenvalue weighted by Crippen LogP contribution is 2.24. The Hall–Kier alpha value is -0.290. The van der Waals surface area contributed by atoms with Crippen LogP contribution in [0.2, 0.25) is 10.0 Å². The molecular weight excluding hydrogens is 281 g/mol. The molecule has 0 aliphatic heterocycles. The van der Waals surface area contributed by atoms with E-state index in [-0.39, 0.29) is 5.75 Å². The highest BCUT2D eigenvalue weighted by atomic mass is 35.5. The molecule has 6 heteroatoms. The standard InChI is InChI=1S/C11H15Cl2NO2S/c1-8(4-5-14)17(15,16)7-9-2-3-10(12)6-11(9)13/h2-3,6,8H,4-5,7,14H2,1H3. The Labute approximate surface area is 112 Å². The van der Waals surface area contributed by atoms with Crippen molar-refractivity contribution in [2.45, 2.75) is 24.3 Å². The lowest BCUT2D eigenvalue weighted by atomic mass is 10.2. The van der Waals surface area contributed by atoms with Crippen LogP contribution < -0.4 is 5.73 Å². The number of hydrogen-bond acceptors (Lipinski definition) is 3. The lowest BCUT2D eigenvalue weighted by molar-refractivity contribution is 0.577. The lowest BCUT2D eigenvalue weighted by Gasteiger charge is -2.12. The lowest BCUT2D eigenvalue weighted by Crippen LogP contribution is -2.22. The van der Waals surface area contributed by atoms with E-state index in [9.17, 15) is 8.42 Å². The number of rotatable bonds is 5. The molecule has 0 aromatic heterocycles. The van der Waals surface area contributed by atoms with E-state index < -0.39 is 15.1 Å². The summed E-state index contributed by atoms with van der Waals surface area (Å²) in [6, 6.07) is 4.81. The maximum atomic E-state index is 12.0. The van der Waals surface area contributed by atoms with Gasteiger partial charge >= 0.3 is 0 Å². The van der Waals surface area contributed by atoms with Crippen LogP contribution in [0.25, 0.3) is 0 Å². The molecule has 1 atom stereocenters. The molecule has 2 N–H and O–H groups in total. The highest BCUT2D eigenvalue weighted by Gasteiger charge is 2.21. The quantitative estimate of drug-likeness (QED) is 0.908.